The van der Waals surface area contributed by atoms with E-state index in [1.807, 2.05) is 30.5 Å². The number of hydrogen-bond acceptors (Lipinski definition) is 4. The van der Waals surface area contributed by atoms with Gasteiger partial charge in [0, 0.05) is 17.1 Å². The quantitative estimate of drug-likeness (QED) is 0.858. The first-order chi connectivity index (χ1) is 9.94. The number of thioether (sulfide) groups is 1. The normalized spacial score (nSPS) is 13.1. The van der Waals surface area contributed by atoms with Crippen molar-refractivity contribution in [3.05, 3.63) is 54.0 Å². The van der Waals surface area contributed by atoms with E-state index in [0.717, 1.165) is 16.5 Å². The molecule has 0 aliphatic rings. The van der Waals surface area contributed by atoms with Crippen LogP contribution in [0.3, 0.4) is 0 Å². The zero-order valence-corrected chi connectivity index (χ0v) is 13.2. The van der Waals surface area contributed by atoms with Gasteiger partial charge in [0.05, 0.1) is 0 Å². The van der Waals surface area contributed by atoms with E-state index < -0.39 is 26.9 Å². The SMILES string of the molecule is CSc1ccc(C(C)NS(=O)(=O)c2ncccc2F)cc1. The first kappa shape index (κ1) is 15.9. The van der Waals surface area contributed by atoms with Gasteiger partial charge in [0.1, 0.15) is 0 Å². The van der Waals surface area contributed by atoms with Gasteiger partial charge >= 0.3 is 0 Å². The lowest BCUT2D eigenvalue weighted by molar-refractivity contribution is 0.536. The Morgan fingerprint density at radius 1 is 1.24 bits per heavy atom. The third kappa shape index (κ3) is 3.81. The van der Waals surface area contributed by atoms with E-state index in [4.69, 9.17) is 0 Å². The lowest BCUT2D eigenvalue weighted by Gasteiger charge is -2.14. The van der Waals surface area contributed by atoms with Crippen molar-refractivity contribution in [3.8, 4) is 0 Å². The van der Waals surface area contributed by atoms with E-state index >= 15 is 0 Å². The second-order valence-corrected chi connectivity index (χ2v) is 6.92. The molecule has 0 saturated heterocycles. The smallest absolute Gasteiger partial charge is 0.241 e. The first-order valence-electron chi connectivity index (χ1n) is 6.21. The molecule has 112 valence electrons. The van der Waals surface area contributed by atoms with E-state index in [1.165, 1.54) is 12.3 Å². The number of nitrogens with one attached hydrogen (secondary N) is 1. The second kappa shape index (κ2) is 6.55. The van der Waals surface area contributed by atoms with Crippen molar-refractivity contribution < 1.29 is 12.8 Å². The summed E-state index contributed by atoms with van der Waals surface area (Å²) >= 11 is 1.60. The van der Waals surface area contributed by atoms with E-state index in [0.29, 0.717) is 0 Å². The molecule has 0 spiro atoms. The molecular formula is C14H15FN2O2S2. The maximum atomic E-state index is 13.6. The van der Waals surface area contributed by atoms with Crippen LogP contribution in [-0.4, -0.2) is 19.7 Å². The molecule has 1 heterocycles. The Bertz CT molecular complexity index is 718. The maximum absolute atomic E-state index is 13.6. The van der Waals surface area contributed by atoms with Gasteiger partial charge in [-0.2, -0.15) is 0 Å². The highest BCUT2D eigenvalue weighted by molar-refractivity contribution is 7.98. The van der Waals surface area contributed by atoms with Gasteiger partial charge < -0.3 is 0 Å². The van der Waals surface area contributed by atoms with E-state index in [1.54, 1.807) is 18.7 Å². The van der Waals surface area contributed by atoms with Crippen LogP contribution >= 0.6 is 11.8 Å². The summed E-state index contributed by atoms with van der Waals surface area (Å²) in [5.74, 6) is -0.866. The summed E-state index contributed by atoms with van der Waals surface area (Å²) in [5.41, 5.74) is 0.799. The summed E-state index contributed by atoms with van der Waals surface area (Å²) in [6, 6.07) is 9.44. The van der Waals surface area contributed by atoms with Crippen LogP contribution in [0.5, 0.6) is 0 Å². The standard InChI is InChI=1S/C14H15FN2O2S2/c1-10(11-5-7-12(20-2)8-6-11)17-21(18,19)14-13(15)4-3-9-16-14/h3-10,17H,1-2H3. The monoisotopic (exact) mass is 326 g/mol. The Morgan fingerprint density at radius 2 is 1.90 bits per heavy atom. The molecule has 1 unspecified atom stereocenters. The molecule has 1 atom stereocenters. The van der Waals surface area contributed by atoms with Crippen LogP contribution in [-0.2, 0) is 10.0 Å². The highest BCUT2D eigenvalue weighted by Gasteiger charge is 2.23. The molecule has 0 bridgehead atoms. The molecule has 1 N–H and O–H groups in total. The molecule has 4 nitrogen and oxygen atoms in total. The average Bonchev–Trinajstić information content (AvgIpc) is 2.47. The van der Waals surface area contributed by atoms with E-state index in [2.05, 4.69) is 9.71 Å². The zero-order valence-electron chi connectivity index (χ0n) is 11.6. The van der Waals surface area contributed by atoms with Crippen molar-refractivity contribution in [1.29, 1.82) is 0 Å². The highest BCUT2D eigenvalue weighted by Crippen LogP contribution is 2.21. The third-order valence-electron chi connectivity index (χ3n) is 2.93. The van der Waals surface area contributed by atoms with Gasteiger partial charge in [0.15, 0.2) is 5.82 Å². The Labute approximate surface area is 127 Å². The molecule has 0 aliphatic heterocycles. The molecule has 0 radical (unpaired) electrons. The molecule has 0 fully saturated rings. The fourth-order valence-corrected chi connectivity index (χ4v) is 3.46. The second-order valence-electron chi connectivity index (χ2n) is 4.41. The predicted octanol–water partition coefficient (Wildman–Crippen LogP) is 2.98. The summed E-state index contributed by atoms with van der Waals surface area (Å²) in [5, 5.41) is -0.586. The van der Waals surface area contributed by atoms with Gasteiger partial charge in [0.2, 0.25) is 5.03 Å². The van der Waals surface area contributed by atoms with Crippen LogP contribution in [0, 0.1) is 5.82 Å². The minimum atomic E-state index is -4.00. The van der Waals surface area contributed by atoms with Crippen molar-refractivity contribution >= 4 is 21.8 Å². The minimum absolute atomic E-state index is 0.479. The van der Waals surface area contributed by atoms with Crippen LogP contribution in [0.15, 0.2) is 52.5 Å². The van der Waals surface area contributed by atoms with Crippen LogP contribution in [0.2, 0.25) is 0 Å². The van der Waals surface area contributed by atoms with Crippen LogP contribution in [0.25, 0.3) is 0 Å². The molecule has 1 aromatic carbocycles. The minimum Gasteiger partial charge on any atom is -0.241 e. The molecule has 0 aliphatic carbocycles. The number of rotatable bonds is 5. The zero-order chi connectivity index (χ0) is 15.5. The van der Waals surface area contributed by atoms with Crippen molar-refractivity contribution in [2.24, 2.45) is 0 Å². The lowest BCUT2D eigenvalue weighted by atomic mass is 10.1. The van der Waals surface area contributed by atoms with Gasteiger partial charge in [-0.25, -0.2) is 22.5 Å². The summed E-state index contributed by atoms with van der Waals surface area (Å²) in [6.07, 6.45) is 3.21. The fraction of sp³-hybridized carbons (Fsp3) is 0.214. The molecule has 2 rings (SSSR count). The Hall–Kier alpha value is -1.44. The van der Waals surface area contributed by atoms with Gasteiger partial charge in [0.25, 0.3) is 10.0 Å². The summed E-state index contributed by atoms with van der Waals surface area (Å²) in [4.78, 5) is 4.68. The number of halogens is 1. The van der Waals surface area contributed by atoms with Gasteiger partial charge in [-0.15, -0.1) is 11.8 Å². The fourth-order valence-electron chi connectivity index (χ4n) is 1.82. The van der Waals surface area contributed by atoms with E-state index in [9.17, 15) is 12.8 Å². The van der Waals surface area contributed by atoms with Crippen molar-refractivity contribution in [3.63, 3.8) is 0 Å². The molecule has 2 aromatic rings. The summed E-state index contributed by atoms with van der Waals surface area (Å²) < 4.78 is 40.3. The number of pyridine rings is 1. The van der Waals surface area contributed by atoms with Crippen molar-refractivity contribution in [2.45, 2.75) is 22.9 Å². The van der Waals surface area contributed by atoms with Gasteiger partial charge in [-0.05, 0) is 43.0 Å². The number of benzene rings is 1. The molecule has 7 heteroatoms. The molecule has 21 heavy (non-hydrogen) atoms. The summed E-state index contributed by atoms with van der Waals surface area (Å²) in [7, 11) is -4.00. The molecule has 1 aromatic heterocycles. The number of aromatic nitrogens is 1. The third-order valence-corrected chi connectivity index (χ3v) is 5.14. The lowest BCUT2D eigenvalue weighted by Crippen LogP contribution is -2.28. The molecule has 0 amide bonds. The number of nitrogens with zero attached hydrogens (tertiary/aromatic N) is 1. The van der Waals surface area contributed by atoms with Crippen LogP contribution in [0.1, 0.15) is 18.5 Å². The largest absolute Gasteiger partial charge is 0.261 e. The molecule has 0 saturated carbocycles. The predicted molar refractivity (Wildman–Crippen MR) is 81.2 cm³/mol. The Morgan fingerprint density at radius 3 is 2.48 bits per heavy atom. The molecular weight excluding hydrogens is 311 g/mol. The summed E-state index contributed by atoms with van der Waals surface area (Å²) in [6.45, 7) is 1.70. The van der Waals surface area contributed by atoms with Crippen molar-refractivity contribution in [1.82, 2.24) is 9.71 Å². The van der Waals surface area contributed by atoms with Crippen LogP contribution < -0.4 is 4.72 Å². The Kier molecular flexibility index (Phi) is 4.97. The topological polar surface area (TPSA) is 59.1 Å². The number of hydrogen-bond donors (Lipinski definition) is 1. The number of sulfonamides is 1. The van der Waals surface area contributed by atoms with E-state index in [-0.39, 0.29) is 0 Å². The van der Waals surface area contributed by atoms with Gasteiger partial charge in [-0.1, -0.05) is 12.1 Å². The van der Waals surface area contributed by atoms with Crippen LogP contribution in [0.4, 0.5) is 4.39 Å². The average molecular weight is 326 g/mol. The maximum Gasteiger partial charge on any atom is 0.261 e. The van der Waals surface area contributed by atoms with Gasteiger partial charge in [-0.3, -0.25) is 0 Å². The van der Waals surface area contributed by atoms with Crippen molar-refractivity contribution in [2.75, 3.05) is 6.26 Å². The Balaban J connectivity index is 2.21. The highest BCUT2D eigenvalue weighted by atomic mass is 32.2. The first-order valence-corrected chi connectivity index (χ1v) is 8.91.